The van der Waals surface area contributed by atoms with Gasteiger partial charge in [0.2, 0.25) is 15.9 Å². The van der Waals surface area contributed by atoms with Crippen molar-refractivity contribution in [3.05, 3.63) is 35.9 Å². The van der Waals surface area contributed by atoms with E-state index in [1.165, 1.54) is 10.6 Å². The van der Waals surface area contributed by atoms with Gasteiger partial charge < -0.3 is 10.2 Å². The molecule has 2 rings (SSSR count). The van der Waals surface area contributed by atoms with E-state index in [9.17, 15) is 13.2 Å². The average molecular weight is 368 g/mol. The van der Waals surface area contributed by atoms with Crippen LogP contribution in [-0.2, 0) is 21.4 Å². The molecule has 1 amide bonds. The first-order valence-electron chi connectivity index (χ1n) is 8.90. The number of hydrogen-bond donors (Lipinski definition) is 1. The van der Waals surface area contributed by atoms with Crippen molar-refractivity contribution in [3.8, 4) is 0 Å². The van der Waals surface area contributed by atoms with Crippen molar-refractivity contribution >= 4 is 15.9 Å². The molecule has 0 bridgehead atoms. The van der Waals surface area contributed by atoms with Gasteiger partial charge in [0.05, 0.1) is 6.26 Å². The summed E-state index contributed by atoms with van der Waals surface area (Å²) in [4.78, 5) is 14.3. The summed E-state index contributed by atoms with van der Waals surface area (Å²) in [5.41, 5.74) is 1.14. The number of nitrogens with zero attached hydrogens (tertiary/aromatic N) is 2. The largest absolute Gasteiger partial charge is 0.339 e. The van der Waals surface area contributed by atoms with Gasteiger partial charge in [-0.05, 0) is 25.3 Å². The van der Waals surface area contributed by atoms with Gasteiger partial charge in [0.25, 0.3) is 0 Å². The maximum atomic E-state index is 12.4. The second-order valence-corrected chi connectivity index (χ2v) is 8.52. The summed E-state index contributed by atoms with van der Waals surface area (Å²) in [6.45, 7) is 5.07. The van der Waals surface area contributed by atoms with E-state index in [0.717, 1.165) is 18.4 Å². The van der Waals surface area contributed by atoms with E-state index in [4.69, 9.17) is 0 Å². The Morgan fingerprint density at radius 3 is 2.44 bits per heavy atom. The first kappa shape index (κ1) is 19.9. The van der Waals surface area contributed by atoms with Crippen LogP contribution in [0.2, 0.25) is 0 Å². The van der Waals surface area contributed by atoms with Crippen LogP contribution in [0.1, 0.15) is 31.7 Å². The molecule has 0 saturated carbocycles. The molecule has 1 fully saturated rings. The predicted molar refractivity (Wildman–Crippen MR) is 99.6 cm³/mol. The Morgan fingerprint density at radius 1 is 1.24 bits per heavy atom. The second kappa shape index (κ2) is 9.31. The highest BCUT2D eigenvalue weighted by Gasteiger charge is 2.24. The smallest absolute Gasteiger partial charge is 0.224 e. The van der Waals surface area contributed by atoms with Crippen LogP contribution >= 0.6 is 0 Å². The molecule has 0 atom stereocenters. The topological polar surface area (TPSA) is 69.7 Å². The van der Waals surface area contributed by atoms with E-state index >= 15 is 0 Å². The molecule has 1 aromatic rings. The molecule has 1 saturated heterocycles. The summed E-state index contributed by atoms with van der Waals surface area (Å²) >= 11 is 0. The monoisotopic (exact) mass is 367 g/mol. The van der Waals surface area contributed by atoms with Gasteiger partial charge in [0.15, 0.2) is 0 Å². The number of rotatable bonds is 8. The van der Waals surface area contributed by atoms with Crippen molar-refractivity contribution in [2.75, 3.05) is 32.4 Å². The highest BCUT2D eigenvalue weighted by atomic mass is 32.2. The minimum atomic E-state index is -3.08. The van der Waals surface area contributed by atoms with Gasteiger partial charge in [0.1, 0.15) is 0 Å². The summed E-state index contributed by atoms with van der Waals surface area (Å²) in [5.74, 6) is 0.146. The molecule has 1 heterocycles. The van der Waals surface area contributed by atoms with Gasteiger partial charge >= 0.3 is 0 Å². The zero-order valence-electron chi connectivity index (χ0n) is 15.1. The fourth-order valence-corrected chi connectivity index (χ4v) is 3.99. The van der Waals surface area contributed by atoms with E-state index in [1.54, 1.807) is 0 Å². The summed E-state index contributed by atoms with van der Waals surface area (Å²) < 4.78 is 24.5. The van der Waals surface area contributed by atoms with Crippen LogP contribution in [0.15, 0.2) is 30.3 Å². The summed E-state index contributed by atoms with van der Waals surface area (Å²) in [6.07, 6.45) is 3.31. The molecule has 1 N–H and O–H groups in total. The molecular formula is C18H29N3O3S. The molecule has 0 spiro atoms. The molecule has 7 heteroatoms. The Hall–Kier alpha value is -1.44. The summed E-state index contributed by atoms with van der Waals surface area (Å²) in [6, 6.07) is 10.3. The Bertz CT molecular complexity index is 641. The maximum Gasteiger partial charge on any atom is 0.224 e. The van der Waals surface area contributed by atoms with Gasteiger partial charge in [-0.25, -0.2) is 12.7 Å². The number of nitrogens with one attached hydrogen (secondary N) is 1. The van der Waals surface area contributed by atoms with E-state index in [-0.39, 0.29) is 11.9 Å². The predicted octanol–water partition coefficient (Wildman–Crippen LogP) is 1.44. The molecule has 0 aliphatic carbocycles. The van der Waals surface area contributed by atoms with Crippen LogP contribution in [-0.4, -0.2) is 62.0 Å². The summed E-state index contributed by atoms with van der Waals surface area (Å²) in [7, 11) is -3.08. The van der Waals surface area contributed by atoms with Crippen LogP contribution < -0.4 is 5.32 Å². The number of carbonyl (C=O) groups excluding carboxylic acids is 1. The Labute approximate surface area is 151 Å². The van der Waals surface area contributed by atoms with Crippen LogP contribution in [0, 0.1) is 0 Å². The third-order valence-electron chi connectivity index (χ3n) is 4.65. The lowest BCUT2D eigenvalue weighted by Gasteiger charge is -2.31. The zero-order valence-corrected chi connectivity index (χ0v) is 16.0. The SMILES string of the molecule is CCN(Cc1ccccc1)C(=O)CCNC1CCN(S(C)(=O)=O)CC1. The van der Waals surface area contributed by atoms with Crippen molar-refractivity contribution in [1.82, 2.24) is 14.5 Å². The van der Waals surface area contributed by atoms with Gasteiger partial charge in [-0.15, -0.1) is 0 Å². The highest BCUT2D eigenvalue weighted by molar-refractivity contribution is 7.88. The maximum absolute atomic E-state index is 12.4. The lowest BCUT2D eigenvalue weighted by molar-refractivity contribution is -0.131. The van der Waals surface area contributed by atoms with E-state index in [1.807, 2.05) is 42.2 Å². The molecule has 0 aromatic heterocycles. The quantitative estimate of drug-likeness (QED) is 0.755. The summed E-state index contributed by atoms with van der Waals surface area (Å²) in [5, 5.41) is 3.40. The van der Waals surface area contributed by atoms with Gasteiger partial charge in [-0.2, -0.15) is 0 Å². The number of benzene rings is 1. The van der Waals surface area contributed by atoms with Crippen molar-refractivity contribution in [1.29, 1.82) is 0 Å². The first-order valence-corrected chi connectivity index (χ1v) is 10.7. The number of amides is 1. The molecule has 1 aliphatic rings. The minimum absolute atomic E-state index is 0.146. The standard InChI is InChI=1S/C18H29N3O3S/c1-3-20(15-16-7-5-4-6-8-16)18(22)9-12-19-17-10-13-21(14-11-17)25(2,23)24/h4-8,17,19H,3,9-15H2,1-2H3. The molecular weight excluding hydrogens is 338 g/mol. The van der Waals surface area contributed by atoms with Crippen molar-refractivity contribution in [2.24, 2.45) is 0 Å². The fraction of sp³-hybridized carbons (Fsp3) is 0.611. The van der Waals surface area contributed by atoms with Crippen LogP contribution in [0.4, 0.5) is 0 Å². The number of piperidine rings is 1. The van der Waals surface area contributed by atoms with Crippen molar-refractivity contribution in [3.63, 3.8) is 0 Å². The van der Waals surface area contributed by atoms with E-state index < -0.39 is 10.0 Å². The van der Waals surface area contributed by atoms with Crippen LogP contribution in [0.25, 0.3) is 0 Å². The fourth-order valence-electron chi connectivity index (χ4n) is 3.11. The zero-order chi connectivity index (χ0) is 18.3. The molecule has 1 aliphatic heterocycles. The molecule has 0 unspecified atom stereocenters. The lowest BCUT2D eigenvalue weighted by Crippen LogP contribution is -2.45. The number of carbonyl (C=O) groups is 1. The van der Waals surface area contributed by atoms with Crippen LogP contribution in [0.5, 0.6) is 0 Å². The second-order valence-electron chi connectivity index (χ2n) is 6.53. The Balaban J connectivity index is 1.71. The Kier molecular flexibility index (Phi) is 7.40. The Morgan fingerprint density at radius 2 is 1.88 bits per heavy atom. The van der Waals surface area contributed by atoms with E-state index in [2.05, 4.69) is 5.32 Å². The minimum Gasteiger partial charge on any atom is -0.339 e. The normalized spacial score (nSPS) is 16.7. The van der Waals surface area contributed by atoms with Crippen LogP contribution in [0.3, 0.4) is 0 Å². The highest BCUT2D eigenvalue weighted by Crippen LogP contribution is 2.13. The molecule has 140 valence electrons. The van der Waals surface area contributed by atoms with E-state index in [0.29, 0.717) is 39.1 Å². The lowest BCUT2D eigenvalue weighted by atomic mass is 10.1. The number of hydrogen-bond acceptors (Lipinski definition) is 4. The molecule has 6 nitrogen and oxygen atoms in total. The van der Waals surface area contributed by atoms with Gasteiger partial charge in [0, 0.05) is 45.2 Å². The average Bonchev–Trinajstić information content (AvgIpc) is 2.60. The third kappa shape index (κ3) is 6.41. The molecule has 0 radical (unpaired) electrons. The number of sulfonamides is 1. The first-order chi connectivity index (χ1) is 11.9. The van der Waals surface area contributed by atoms with Crippen molar-refractivity contribution in [2.45, 2.75) is 38.8 Å². The van der Waals surface area contributed by atoms with Gasteiger partial charge in [-0.3, -0.25) is 4.79 Å². The molecule has 25 heavy (non-hydrogen) atoms. The third-order valence-corrected chi connectivity index (χ3v) is 5.95. The van der Waals surface area contributed by atoms with Crippen molar-refractivity contribution < 1.29 is 13.2 Å². The van der Waals surface area contributed by atoms with Gasteiger partial charge in [-0.1, -0.05) is 30.3 Å². The molecule has 1 aromatic carbocycles.